The quantitative estimate of drug-likeness (QED) is 0.274. The molecule has 0 saturated carbocycles. The van der Waals surface area contributed by atoms with E-state index in [1.165, 1.54) is 0 Å². The normalized spacial score (nSPS) is 13.1. The summed E-state index contributed by atoms with van der Waals surface area (Å²) in [5, 5.41) is 45.6. The van der Waals surface area contributed by atoms with Crippen molar-refractivity contribution >= 4 is 29.8 Å². The van der Waals surface area contributed by atoms with E-state index in [-0.39, 0.29) is 18.2 Å². The summed E-state index contributed by atoms with van der Waals surface area (Å²) < 4.78 is 87.3. The Hall–Kier alpha value is -4.63. The number of hydrogen-bond acceptors (Lipinski definition) is 5. The van der Waals surface area contributed by atoms with Crippen LogP contribution in [0.2, 0.25) is 0 Å². The molecule has 5 N–H and O–H groups in total. The smallest absolute Gasteiger partial charge is 0.413 e. The van der Waals surface area contributed by atoms with Crippen LogP contribution >= 0.6 is 0 Å². The third kappa shape index (κ3) is 3.87. The first-order chi connectivity index (χ1) is 15.9. The van der Waals surface area contributed by atoms with E-state index in [0.29, 0.717) is 0 Å². The standard InChI is InChI=1S/C19H8F6O10/c20-10-7(15(30)31)8(16(32)33)11(21)12(22)9(10)18(17(34)35,19(23,24)25)4-1-2-5(13(26)27)6(3-4)14(28)29/h1-3H,(H,26,27)(H,28,29)(H,30,31)(H,32,33)(H,34,35). The van der Waals surface area contributed by atoms with Crippen molar-refractivity contribution in [1.82, 2.24) is 0 Å². The zero-order valence-corrected chi connectivity index (χ0v) is 16.3. The zero-order chi connectivity index (χ0) is 27.2. The van der Waals surface area contributed by atoms with Crippen molar-refractivity contribution in [3.63, 3.8) is 0 Å². The molecule has 1 unspecified atom stereocenters. The molecule has 0 spiro atoms. The summed E-state index contributed by atoms with van der Waals surface area (Å²) in [5.41, 5.74) is -17.1. The van der Waals surface area contributed by atoms with E-state index in [1.54, 1.807) is 0 Å². The van der Waals surface area contributed by atoms with Gasteiger partial charge in [-0.3, -0.25) is 4.79 Å². The second-order valence-electron chi connectivity index (χ2n) is 6.60. The van der Waals surface area contributed by atoms with Crippen LogP contribution in [-0.4, -0.2) is 61.6 Å². The van der Waals surface area contributed by atoms with E-state index in [9.17, 15) is 51.0 Å². The number of halogens is 6. The number of aliphatic carboxylic acids is 1. The number of carboxylic acids is 5. The molecule has 0 aliphatic heterocycles. The van der Waals surface area contributed by atoms with Crippen LogP contribution in [0.5, 0.6) is 0 Å². The molecule has 1 atom stereocenters. The average molecular weight is 510 g/mol. The van der Waals surface area contributed by atoms with Gasteiger partial charge in [-0.25, -0.2) is 32.3 Å². The van der Waals surface area contributed by atoms with Gasteiger partial charge >= 0.3 is 36.0 Å². The zero-order valence-electron chi connectivity index (χ0n) is 16.3. The lowest BCUT2D eigenvalue weighted by Crippen LogP contribution is -2.52. The van der Waals surface area contributed by atoms with Crippen LogP contribution in [0.15, 0.2) is 18.2 Å². The summed E-state index contributed by atoms with van der Waals surface area (Å²) in [6, 6.07) is -0.0456. The van der Waals surface area contributed by atoms with Crippen LogP contribution in [0.3, 0.4) is 0 Å². The Morgan fingerprint density at radius 1 is 0.629 bits per heavy atom. The lowest BCUT2D eigenvalue weighted by molar-refractivity contribution is -0.197. The maximum atomic E-state index is 15.1. The van der Waals surface area contributed by atoms with Crippen molar-refractivity contribution in [1.29, 1.82) is 0 Å². The third-order valence-electron chi connectivity index (χ3n) is 4.78. The monoisotopic (exact) mass is 510 g/mol. The fourth-order valence-corrected chi connectivity index (χ4v) is 3.33. The molecule has 0 saturated heterocycles. The van der Waals surface area contributed by atoms with Gasteiger partial charge in [0.05, 0.1) is 16.7 Å². The number of alkyl halides is 3. The summed E-state index contributed by atoms with van der Waals surface area (Å²) >= 11 is 0. The molecule has 0 aromatic heterocycles. The number of carboxylic acid groups (broad SMARTS) is 5. The molecule has 35 heavy (non-hydrogen) atoms. The molecule has 16 heteroatoms. The minimum absolute atomic E-state index is 0.0137. The summed E-state index contributed by atoms with van der Waals surface area (Å²) in [6.45, 7) is 0. The molecular weight excluding hydrogens is 502 g/mol. The Kier molecular flexibility index (Phi) is 6.56. The van der Waals surface area contributed by atoms with Gasteiger partial charge in [-0.2, -0.15) is 13.2 Å². The molecule has 2 aromatic carbocycles. The summed E-state index contributed by atoms with van der Waals surface area (Å²) in [5.74, 6) is -21.6. The Labute approximate surface area is 187 Å². The van der Waals surface area contributed by atoms with E-state index >= 15 is 4.39 Å². The second kappa shape index (κ2) is 8.62. The predicted octanol–water partition coefficient (Wildman–Crippen LogP) is 2.83. The van der Waals surface area contributed by atoms with E-state index in [1.807, 2.05) is 0 Å². The van der Waals surface area contributed by atoms with Crippen LogP contribution in [0.25, 0.3) is 0 Å². The molecule has 2 rings (SSSR count). The number of hydrogen-bond donors (Lipinski definition) is 5. The molecule has 0 aliphatic rings. The SMILES string of the molecule is O=C(O)c1ccc(C(C(=O)O)(c2c(F)c(F)c(C(=O)O)c(C(=O)O)c2F)C(F)(F)F)cc1C(=O)O. The highest BCUT2D eigenvalue weighted by atomic mass is 19.4. The van der Waals surface area contributed by atoms with Gasteiger partial charge < -0.3 is 25.5 Å². The van der Waals surface area contributed by atoms with Crippen LogP contribution in [-0.2, 0) is 10.2 Å². The van der Waals surface area contributed by atoms with Crippen molar-refractivity contribution in [3.05, 3.63) is 69.0 Å². The largest absolute Gasteiger partial charge is 0.480 e. The first kappa shape index (κ1) is 26.6. The van der Waals surface area contributed by atoms with E-state index < -0.39 is 92.3 Å². The molecule has 0 heterocycles. The number of carbonyl (C=O) groups is 5. The highest BCUT2D eigenvalue weighted by molar-refractivity contribution is 6.04. The first-order valence-corrected chi connectivity index (χ1v) is 8.51. The summed E-state index contributed by atoms with van der Waals surface area (Å²) in [6.07, 6.45) is -6.38. The van der Waals surface area contributed by atoms with Crippen molar-refractivity contribution in [2.75, 3.05) is 0 Å². The van der Waals surface area contributed by atoms with E-state index in [2.05, 4.69) is 0 Å². The van der Waals surface area contributed by atoms with Gasteiger partial charge in [-0.1, -0.05) is 6.07 Å². The molecule has 0 fully saturated rings. The van der Waals surface area contributed by atoms with Crippen molar-refractivity contribution in [2.24, 2.45) is 0 Å². The summed E-state index contributed by atoms with van der Waals surface area (Å²) in [4.78, 5) is 57.0. The predicted molar refractivity (Wildman–Crippen MR) is 95.1 cm³/mol. The molecule has 0 radical (unpaired) electrons. The highest BCUT2D eigenvalue weighted by Crippen LogP contribution is 2.50. The topological polar surface area (TPSA) is 186 Å². The fraction of sp³-hybridized carbons (Fsp3) is 0.105. The van der Waals surface area contributed by atoms with Gasteiger partial charge in [0.2, 0.25) is 5.41 Å². The lowest BCUT2D eigenvalue weighted by atomic mass is 9.71. The van der Waals surface area contributed by atoms with E-state index in [4.69, 9.17) is 20.4 Å². The van der Waals surface area contributed by atoms with Crippen molar-refractivity contribution in [3.8, 4) is 0 Å². The Balaban J connectivity index is 3.30. The molecule has 0 bridgehead atoms. The molecule has 186 valence electrons. The molecule has 0 amide bonds. The van der Waals surface area contributed by atoms with Gasteiger partial charge in [0, 0.05) is 0 Å². The minimum atomic E-state index is -6.38. The molecule has 0 aliphatic carbocycles. The molecule has 10 nitrogen and oxygen atoms in total. The minimum Gasteiger partial charge on any atom is -0.480 e. The van der Waals surface area contributed by atoms with Gasteiger partial charge in [0.15, 0.2) is 11.6 Å². The lowest BCUT2D eigenvalue weighted by Gasteiger charge is -2.34. The first-order valence-electron chi connectivity index (χ1n) is 8.51. The second-order valence-corrected chi connectivity index (χ2v) is 6.60. The summed E-state index contributed by atoms with van der Waals surface area (Å²) in [7, 11) is 0. The Bertz CT molecular complexity index is 1320. The van der Waals surface area contributed by atoms with E-state index in [0.717, 1.165) is 0 Å². The van der Waals surface area contributed by atoms with Crippen LogP contribution < -0.4 is 0 Å². The maximum Gasteiger partial charge on any atom is 0.413 e. The van der Waals surface area contributed by atoms with Gasteiger partial charge in [-0.05, 0) is 17.7 Å². The number of benzene rings is 2. The average Bonchev–Trinajstić information content (AvgIpc) is 2.71. The third-order valence-corrected chi connectivity index (χ3v) is 4.78. The van der Waals surface area contributed by atoms with Crippen molar-refractivity contribution < 1.29 is 75.8 Å². The van der Waals surface area contributed by atoms with Gasteiger partial charge in [0.25, 0.3) is 0 Å². The molecular formula is C19H8F6O10. The van der Waals surface area contributed by atoms with Crippen LogP contribution in [0.4, 0.5) is 26.3 Å². The van der Waals surface area contributed by atoms with Crippen LogP contribution in [0.1, 0.15) is 52.6 Å². The maximum absolute atomic E-state index is 15.1. The van der Waals surface area contributed by atoms with Gasteiger partial charge in [0.1, 0.15) is 16.9 Å². The van der Waals surface area contributed by atoms with Gasteiger partial charge in [-0.15, -0.1) is 0 Å². The fourth-order valence-electron chi connectivity index (χ4n) is 3.33. The Morgan fingerprint density at radius 2 is 1.09 bits per heavy atom. The number of rotatable bonds is 7. The number of aromatic carboxylic acids is 4. The van der Waals surface area contributed by atoms with Crippen LogP contribution in [0, 0.1) is 17.5 Å². The van der Waals surface area contributed by atoms with Crippen molar-refractivity contribution in [2.45, 2.75) is 11.6 Å². The molecule has 2 aromatic rings. The Morgan fingerprint density at radius 3 is 1.46 bits per heavy atom. The highest BCUT2D eigenvalue weighted by Gasteiger charge is 2.66.